The Balaban J connectivity index is 1.22. The SMILES string of the molecule is COc1cc2c(Oc3ccc(CC(=O)N/N=C(/C)c4ccccc4)cc3F)ccnc2cc1OCCCN1CCOCC1. The van der Waals surface area contributed by atoms with Gasteiger partial charge >= 0.3 is 0 Å². The van der Waals surface area contributed by atoms with Crippen LogP contribution in [0.4, 0.5) is 4.39 Å². The van der Waals surface area contributed by atoms with Crippen LogP contribution in [-0.4, -0.2) is 68.1 Å². The molecule has 3 aromatic carbocycles. The number of rotatable bonds is 12. The van der Waals surface area contributed by atoms with Gasteiger partial charge in [0.1, 0.15) is 5.75 Å². The zero-order valence-electron chi connectivity index (χ0n) is 24.3. The minimum Gasteiger partial charge on any atom is -0.493 e. The molecule has 1 saturated heterocycles. The second kappa shape index (κ2) is 14.6. The summed E-state index contributed by atoms with van der Waals surface area (Å²) in [6, 6.07) is 19.2. The normalized spacial score (nSPS) is 14.0. The fourth-order valence-electron chi connectivity index (χ4n) is 4.76. The third-order valence-corrected chi connectivity index (χ3v) is 7.09. The lowest BCUT2D eigenvalue weighted by Crippen LogP contribution is -2.37. The van der Waals surface area contributed by atoms with Crippen LogP contribution in [0.2, 0.25) is 0 Å². The van der Waals surface area contributed by atoms with E-state index in [0.717, 1.165) is 44.8 Å². The van der Waals surface area contributed by atoms with E-state index in [-0.39, 0.29) is 18.1 Å². The number of morpholine rings is 1. The first-order valence-corrected chi connectivity index (χ1v) is 14.2. The van der Waals surface area contributed by atoms with E-state index in [0.29, 0.717) is 46.0 Å². The summed E-state index contributed by atoms with van der Waals surface area (Å²) < 4.78 is 38.1. The van der Waals surface area contributed by atoms with Crippen molar-refractivity contribution in [2.45, 2.75) is 19.8 Å². The van der Waals surface area contributed by atoms with Crippen LogP contribution < -0.4 is 19.6 Å². The molecule has 5 rings (SSSR count). The van der Waals surface area contributed by atoms with Gasteiger partial charge in [0.2, 0.25) is 5.91 Å². The first-order valence-electron chi connectivity index (χ1n) is 14.2. The fraction of sp³-hybridized carbons (Fsp3) is 0.303. The van der Waals surface area contributed by atoms with Crippen molar-refractivity contribution >= 4 is 22.5 Å². The maximum atomic E-state index is 15.1. The van der Waals surface area contributed by atoms with Gasteiger partial charge in [-0.05, 0) is 48.7 Å². The summed E-state index contributed by atoms with van der Waals surface area (Å²) in [5.41, 5.74) is 5.22. The molecule has 0 aliphatic carbocycles. The van der Waals surface area contributed by atoms with Crippen LogP contribution in [0.15, 0.2) is 78.0 Å². The topological polar surface area (TPSA) is 94.5 Å². The second-order valence-electron chi connectivity index (χ2n) is 10.1. The highest BCUT2D eigenvalue weighted by molar-refractivity contribution is 5.99. The van der Waals surface area contributed by atoms with E-state index < -0.39 is 5.82 Å². The van der Waals surface area contributed by atoms with E-state index in [2.05, 4.69) is 20.4 Å². The van der Waals surface area contributed by atoms with Gasteiger partial charge in [-0.25, -0.2) is 9.82 Å². The summed E-state index contributed by atoms with van der Waals surface area (Å²) in [7, 11) is 1.57. The minimum atomic E-state index is -0.591. The number of nitrogens with zero attached hydrogens (tertiary/aromatic N) is 3. The Morgan fingerprint density at radius 1 is 1.02 bits per heavy atom. The number of aromatic nitrogens is 1. The van der Waals surface area contributed by atoms with Gasteiger partial charge in [-0.1, -0.05) is 36.4 Å². The lowest BCUT2D eigenvalue weighted by atomic mass is 10.1. The third-order valence-electron chi connectivity index (χ3n) is 7.09. The van der Waals surface area contributed by atoms with Crippen LogP contribution in [0, 0.1) is 5.82 Å². The summed E-state index contributed by atoms with van der Waals surface area (Å²) >= 11 is 0. The molecule has 224 valence electrons. The quantitative estimate of drug-likeness (QED) is 0.136. The molecule has 0 spiro atoms. The van der Waals surface area contributed by atoms with Gasteiger partial charge in [-0.2, -0.15) is 5.10 Å². The van der Waals surface area contributed by atoms with E-state index in [4.69, 9.17) is 18.9 Å². The molecular formula is C33H35FN4O5. The van der Waals surface area contributed by atoms with Crippen LogP contribution in [0.3, 0.4) is 0 Å². The Bertz CT molecular complexity index is 1570. The predicted octanol–water partition coefficient (Wildman–Crippen LogP) is 5.36. The summed E-state index contributed by atoms with van der Waals surface area (Å²) in [5, 5.41) is 4.79. The number of carbonyl (C=O) groups excluding carboxylic acids is 1. The molecule has 0 saturated carbocycles. The molecule has 1 N–H and O–H groups in total. The Labute approximate surface area is 250 Å². The molecule has 0 atom stereocenters. The molecule has 1 fully saturated rings. The van der Waals surface area contributed by atoms with Crippen molar-refractivity contribution in [1.29, 1.82) is 0 Å². The molecule has 0 radical (unpaired) electrons. The molecule has 43 heavy (non-hydrogen) atoms. The maximum Gasteiger partial charge on any atom is 0.244 e. The third kappa shape index (κ3) is 8.06. The van der Waals surface area contributed by atoms with Gasteiger partial charge in [0.15, 0.2) is 23.1 Å². The molecule has 4 aromatic rings. The van der Waals surface area contributed by atoms with E-state index in [1.54, 1.807) is 37.6 Å². The first kappa shape index (κ1) is 29.9. The lowest BCUT2D eigenvalue weighted by Gasteiger charge is -2.26. The average molecular weight is 587 g/mol. The summed E-state index contributed by atoms with van der Waals surface area (Å²) in [6.45, 7) is 6.69. The van der Waals surface area contributed by atoms with Crippen LogP contribution in [-0.2, 0) is 16.0 Å². The highest BCUT2D eigenvalue weighted by Crippen LogP contribution is 2.37. The number of fused-ring (bicyclic) bond motifs is 1. The Kier molecular flexibility index (Phi) is 10.1. The molecule has 2 heterocycles. The molecule has 0 unspecified atom stereocenters. The van der Waals surface area contributed by atoms with Crippen molar-refractivity contribution in [3.05, 3.63) is 89.9 Å². The van der Waals surface area contributed by atoms with Gasteiger partial charge in [-0.15, -0.1) is 0 Å². The maximum absolute atomic E-state index is 15.1. The number of hydrogen-bond donors (Lipinski definition) is 1. The van der Waals surface area contributed by atoms with E-state index in [1.165, 1.54) is 12.1 Å². The van der Waals surface area contributed by atoms with E-state index >= 15 is 4.39 Å². The van der Waals surface area contributed by atoms with Crippen molar-refractivity contribution in [1.82, 2.24) is 15.3 Å². The monoisotopic (exact) mass is 586 g/mol. The van der Waals surface area contributed by atoms with Crippen LogP contribution in [0.5, 0.6) is 23.0 Å². The number of pyridine rings is 1. The van der Waals surface area contributed by atoms with Crippen molar-refractivity contribution in [3.8, 4) is 23.0 Å². The number of hydrogen-bond acceptors (Lipinski definition) is 8. The van der Waals surface area contributed by atoms with Crippen molar-refractivity contribution < 1.29 is 28.1 Å². The van der Waals surface area contributed by atoms with Crippen LogP contribution in [0.25, 0.3) is 10.9 Å². The molecule has 1 amide bonds. The molecule has 1 aliphatic heterocycles. The largest absolute Gasteiger partial charge is 0.493 e. The first-order chi connectivity index (χ1) is 21.0. The summed E-state index contributed by atoms with van der Waals surface area (Å²) in [6.07, 6.45) is 2.43. The minimum absolute atomic E-state index is 0.0250. The van der Waals surface area contributed by atoms with Crippen molar-refractivity contribution in [2.75, 3.05) is 46.6 Å². The zero-order chi connectivity index (χ0) is 30.0. The number of halogens is 1. The Morgan fingerprint density at radius 3 is 2.60 bits per heavy atom. The molecule has 1 aromatic heterocycles. The standard InChI is InChI=1S/C33H35FN4O5/c1-23(25-7-4-3-5-8-25)36-37-33(39)20-24-9-10-30(27(34)19-24)43-29-11-12-35-28-22-32(31(40-2)21-26(28)29)42-16-6-13-38-14-17-41-18-15-38/h3-5,7-12,19,21-22H,6,13-18,20H2,1-2H3,(H,37,39)/b36-23-. The van der Waals surface area contributed by atoms with E-state index in [9.17, 15) is 4.79 Å². The van der Waals surface area contributed by atoms with Crippen LogP contribution in [0.1, 0.15) is 24.5 Å². The van der Waals surface area contributed by atoms with Crippen molar-refractivity contribution in [3.63, 3.8) is 0 Å². The van der Waals surface area contributed by atoms with Gasteiger partial charge in [0.05, 0.1) is 44.6 Å². The number of amides is 1. The van der Waals surface area contributed by atoms with Gasteiger partial charge in [0, 0.05) is 37.3 Å². The molecule has 10 heteroatoms. The van der Waals surface area contributed by atoms with Gasteiger partial charge < -0.3 is 18.9 Å². The zero-order valence-corrected chi connectivity index (χ0v) is 24.3. The Hall–Kier alpha value is -4.54. The second-order valence-corrected chi connectivity index (χ2v) is 10.1. The predicted molar refractivity (Wildman–Crippen MR) is 163 cm³/mol. The molecule has 1 aliphatic rings. The average Bonchev–Trinajstić information content (AvgIpc) is 3.04. The molecule has 9 nitrogen and oxygen atoms in total. The number of carbonyl (C=O) groups is 1. The highest BCUT2D eigenvalue weighted by Gasteiger charge is 2.15. The summed E-state index contributed by atoms with van der Waals surface area (Å²) in [4.78, 5) is 19.2. The van der Waals surface area contributed by atoms with Gasteiger partial charge in [0.25, 0.3) is 0 Å². The Morgan fingerprint density at radius 2 is 1.84 bits per heavy atom. The van der Waals surface area contributed by atoms with E-state index in [1.807, 2.05) is 37.3 Å². The number of benzene rings is 3. The van der Waals surface area contributed by atoms with Gasteiger partial charge in [-0.3, -0.25) is 14.7 Å². The number of ether oxygens (including phenoxy) is 4. The molecular weight excluding hydrogens is 551 g/mol. The smallest absolute Gasteiger partial charge is 0.244 e. The number of nitrogens with one attached hydrogen (secondary N) is 1. The fourth-order valence-corrected chi connectivity index (χ4v) is 4.76. The van der Waals surface area contributed by atoms with Crippen molar-refractivity contribution in [2.24, 2.45) is 5.10 Å². The number of methoxy groups -OCH3 is 1. The van der Waals surface area contributed by atoms with Crippen LogP contribution >= 0.6 is 0 Å². The molecule has 0 bridgehead atoms. The highest BCUT2D eigenvalue weighted by atomic mass is 19.1. The summed E-state index contributed by atoms with van der Waals surface area (Å²) in [5.74, 6) is 0.609. The number of hydrazone groups is 1. The lowest BCUT2D eigenvalue weighted by molar-refractivity contribution is -0.120.